The molecule has 0 spiro atoms. The molecule has 0 amide bonds. The fraction of sp³-hybridized carbons (Fsp3) is 0.690. The van der Waals surface area contributed by atoms with E-state index < -0.39 is 11.8 Å². The maximum absolute atomic E-state index is 11.9. The molecule has 0 N–H and O–H groups in total. The van der Waals surface area contributed by atoms with Crippen molar-refractivity contribution in [2.75, 3.05) is 92.5 Å². The third kappa shape index (κ3) is 21.4. The predicted octanol–water partition coefficient (Wildman–Crippen LogP) is 3.03. The minimum Gasteiger partial charge on any atom is -0.463 e. The average molecular weight is 571 g/mol. The third-order valence-corrected chi connectivity index (χ3v) is 5.27. The van der Waals surface area contributed by atoms with Gasteiger partial charge in [-0.25, -0.2) is 4.79 Å². The quantitative estimate of drug-likeness (QED) is 0.0639. The van der Waals surface area contributed by atoms with Gasteiger partial charge in [0, 0.05) is 12.0 Å². The van der Waals surface area contributed by atoms with Gasteiger partial charge < -0.3 is 37.9 Å². The number of Topliss-reactive ketones (excluding diaryl/α,β-unsaturated/α-hetero) is 1. The molecule has 0 radical (unpaired) electrons. The Balaban J connectivity index is 1.73. The number of unbranched alkanes of at least 4 members (excludes halogenated alkanes) is 3. The number of esters is 2. The fourth-order valence-corrected chi connectivity index (χ4v) is 3.15. The molecule has 11 heteroatoms. The van der Waals surface area contributed by atoms with Crippen LogP contribution in [0, 0.1) is 0 Å². The molecule has 0 atom stereocenters. The van der Waals surface area contributed by atoms with Crippen molar-refractivity contribution in [2.45, 2.75) is 39.0 Å². The van der Waals surface area contributed by atoms with E-state index in [1.807, 2.05) is 0 Å². The van der Waals surface area contributed by atoms with Crippen LogP contribution in [-0.4, -0.2) is 110 Å². The second-order valence-electron chi connectivity index (χ2n) is 8.54. The predicted molar refractivity (Wildman–Crippen MR) is 146 cm³/mol. The molecule has 11 nitrogen and oxygen atoms in total. The van der Waals surface area contributed by atoms with E-state index in [4.69, 9.17) is 37.9 Å². The van der Waals surface area contributed by atoms with Gasteiger partial charge >= 0.3 is 11.9 Å². The van der Waals surface area contributed by atoms with Gasteiger partial charge in [-0.05, 0) is 6.42 Å². The van der Waals surface area contributed by atoms with Crippen molar-refractivity contribution < 1.29 is 52.3 Å². The summed E-state index contributed by atoms with van der Waals surface area (Å²) in [7, 11) is 0. The summed E-state index contributed by atoms with van der Waals surface area (Å²) in [5.41, 5.74) is 0.295. The van der Waals surface area contributed by atoms with Crippen LogP contribution in [0.5, 0.6) is 0 Å². The zero-order chi connectivity index (χ0) is 28.9. The van der Waals surface area contributed by atoms with Gasteiger partial charge in [-0.2, -0.15) is 0 Å². The van der Waals surface area contributed by atoms with Crippen molar-refractivity contribution in [1.29, 1.82) is 0 Å². The van der Waals surface area contributed by atoms with Crippen LogP contribution in [0.2, 0.25) is 0 Å². The normalized spacial score (nSPS) is 10.9. The molecule has 40 heavy (non-hydrogen) atoms. The van der Waals surface area contributed by atoms with Crippen LogP contribution < -0.4 is 0 Å². The first-order valence-corrected chi connectivity index (χ1v) is 14.0. The number of benzene rings is 1. The van der Waals surface area contributed by atoms with E-state index in [-0.39, 0.29) is 25.8 Å². The Hall–Kier alpha value is -2.41. The average Bonchev–Trinajstić information content (AvgIpc) is 2.97. The lowest BCUT2D eigenvalue weighted by Gasteiger charge is -2.09. The van der Waals surface area contributed by atoms with Crippen molar-refractivity contribution in [3.05, 3.63) is 35.9 Å². The minimum absolute atomic E-state index is 0.00268. The summed E-state index contributed by atoms with van der Waals surface area (Å²) >= 11 is 0. The summed E-state index contributed by atoms with van der Waals surface area (Å²) in [5, 5.41) is 0. The molecule has 0 fully saturated rings. The Kier molecular flexibility index (Phi) is 23.9. The van der Waals surface area contributed by atoms with Gasteiger partial charge in [-0.3, -0.25) is 9.59 Å². The van der Waals surface area contributed by atoms with Gasteiger partial charge in [0.1, 0.15) is 13.2 Å². The molecule has 0 saturated heterocycles. The lowest BCUT2D eigenvalue weighted by Crippen LogP contribution is -2.20. The highest BCUT2D eigenvalue weighted by atomic mass is 16.6. The second-order valence-corrected chi connectivity index (χ2v) is 8.54. The van der Waals surface area contributed by atoms with Crippen LogP contribution in [0.3, 0.4) is 0 Å². The first kappa shape index (κ1) is 35.6. The Morgan fingerprint density at radius 3 is 1.40 bits per heavy atom. The Bertz CT molecular complexity index is 758. The van der Waals surface area contributed by atoms with Gasteiger partial charge in [0.2, 0.25) is 0 Å². The van der Waals surface area contributed by atoms with E-state index in [1.165, 1.54) is 0 Å². The van der Waals surface area contributed by atoms with Crippen LogP contribution in [0.15, 0.2) is 30.3 Å². The van der Waals surface area contributed by atoms with Crippen LogP contribution in [-0.2, 0) is 47.5 Å². The SMILES string of the molecule is CCCCCCC(=O)OCCOCCOCCOCCOCCOCCOCCOC(=O)C(=O)c1ccccc1. The first-order chi connectivity index (χ1) is 19.6. The molecule has 0 aliphatic heterocycles. The summed E-state index contributed by atoms with van der Waals surface area (Å²) < 4.78 is 42.3. The van der Waals surface area contributed by atoms with E-state index in [2.05, 4.69) is 6.92 Å². The topological polar surface area (TPSA) is 125 Å². The smallest absolute Gasteiger partial charge is 0.379 e. The number of rotatable bonds is 28. The van der Waals surface area contributed by atoms with Crippen molar-refractivity contribution in [1.82, 2.24) is 0 Å². The maximum Gasteiger partial charge on any atom is 0.379 e. The molecule has 0 aliphatic carbocycles. The molecule has 228 valence electrons. The van der Waals surface area contributed by atoms with E-state index in [9.17, 15) is 14.4 Å². The van der Waals surface area contributed by atoms with Crippen molar-refractivity contribution >= 4 is 17.7 Å². The molecule has 0 heterocycles. The van der Waals surface area contributed by atoms with Crippen molar-refractivity contribution in [2.24, 2.45) is 0 Å². The highest BCUT2D eigenvalue weighted by Crippen LogP contribution is 2.03. The Morgan fingerprint density at radius 2 is 0.950 bits per heavy atom. The van der Waals surface area contributed by atoms with Gasteiger partial charge in [-0.1, -0.05) is 56.5 Å². The largest absolute Gasteiger partial charge is 0.463 e. The van der Waals surface area contributed by atoms with Crippen LogP contribution in [0.1, 0.15) is 49.4 Å². The monoisotopic (exact) mass is 570 g/mol. The molecular formula is C29H46O11. The number of carbonyl (C=O) groups is 3. The standard InChI is InChI=1S/C29H46O11/c1-2-3-4-8-11-27(30)39-24-22-37-20-18-35-16-14-33-12-13-34-15-17-36-19-21-38-23-25-40-29(32)28(31)26-9-6-5-7-10-26/h5-7,9-10H,2-4,8,11-25H2,1H3. The molecule has 1 aromatic carbocycles. The number of hydrogen-bond acceptors (Lipinski definition) is 11. The zero-order valence-electron chi connectivity index (χ0n) is 23.8. The second kappa shape index (κ2) is 26.8. The highest BCUT2D eigenvalue weighted by Gasteiger charge is 2.17. The zero-order valence-corrected chi connectivity index (χ0v) is 23.8. The number of ether oxygens (including phenoxy) is 8. The lowest BCUT2D eigenvalue weighted by molar-refractivity contribution is -0.145. The summed E-state index contributed by atoms with van der Waals surface area (Å²) in [6, 6.07) is 8.25. The van der Waals surface area contributed by atoms with Crippen LogP contribution in [0.25, 0.3) is 0 Å². The van der Waals surface area contributed by atoms with Crippen molar-refractivity contribution in [3.8, 4) is 0 Å². The van der Waals surface area contributed by atoms with E-state index in [0.29, 0.717) is 84.7 Å². The van der Waals surface area contributed by atoms with Crippen LogP contribution in [0.4, 0.5) is 0 Å². The van der Waals surface area contributed by atoms with E-state index in [1.54, 1.807) is 30.3 Å². The van der Waals surface area contributed by atoms with E-state index >= 15 is 0 Å². The summed E-state index contributed by atoms with van der Waals surface area (Å²) in [4.78, 5) is 35.1. The number of hydrogen-bond donors (Lipinski definition) is 0. The Morgan fingerprint density at radius 1 is 0.525 bits per heavy atom. The summed E-state index contributed by atoms with van der Waals surface area (Å²) in [6.45, 7) is 7.24. The summed E-state index contributed by atoms with van der Waals surface area (Å²) in [6.07, 6.45) is 4.72. The minimum atomic E-state index is -0.898. The molecule has 1 rings (SSSR count). The molecule has 0 aliphatic rings. The van der Waals surface area contributed by atoms with Gasteiger partial charge in [-0.15, -0.1) is 0 Å². The van der Waals surface area contributed by atoms with E-state index in [0.717, 1.165) is 25.7 Å². The van der Waals surface area contributed by atoms with Gasteiger partial charge in [0.05, 0.1) is 79.3 Å². The maximum atomic E-state index is 11.9. The van der Waals surface area contributed by atoms with Crippen LogP contribution >= 0.6 is 0 Å². The molecule has 0 bridgehead atoms. The highest BCUT2D eigenvalue weighted by molar-refractivity contribution is 6.40. The molecule has 0 saturated carbocycles. The number of carbonyl (C=O) groups excluding carboxylic acids is 3. The lowest BCUT2D eigenvalue weighted by atomic mass is 10.1. The number of ketones is 1. The third-order valence-electron chi connectivity index (χ3n) is 5.27. The first-order valence-electron chi connectivity index (χ1n) is 14.0. The van der Waals surface area contributed by atoms with Gasteiger partial charge in [0.15, 0.2) is 0 Å². The van der Waals surface area contributed by atoms with Gasteiger partial charge in [0.25, 0.3) is 5.78 Å². The fourth-order valence-electron chi connectivity index (χ4n) is 3.15. The molecule has 0 unspecified atom stereocenters. The summed E-state index contributed by atoms with van der Waals surface area (Å²) in [5.74, 6) is -1.74. The molecule has 0 aromatic heterocycles. The van der Waals surface area contributed by atoms with Crippen molar-refractivity contribution in [3.63, 3.8) is 0 Å². The molecular weight excluding hydrogens is 524 g/mol. The molecule has 1 aromatic rings. The Labute approximate surface area is 237 Å².